The Morgan fingerprint density at radius 1 is 1.37 bits per heavy atom. The molecule has 1 amide bonds. The fourth-order valence-electron chi connectivity index (χ4n) is 2.48. The number of thiophene rings is 1. The second kappa shape index (κ2) is 9.67. The van der Waals surface area contributed by atoms with Crippen molar-refractivity contribution in [2.24, 2.45) is 0 Å². The quantitative estimate of drug-likeness (QED) is 0.303. The van der Waals surface area contributed by atoms with E-state index in [1.165, 1.54) is 23.1 Å². The lowest BCUT2D eigenvalue weighted by atomic mass is 10.4. The molecule has 0 radical (unpaired) electrons. The molecule has 3 heterocycles. The molecule has 0 aliphatic heterocycles. The highest BCUT2D eigenvalue weighted by Crippen LogP contribution is 2.23. The predicted octanol–water partition coefficient (Wildman–Crippen LogP) is 2.49. The van der Waals surface area contributed by atoms with Crippen LogP contribution in [0.5, 0.6) is 0 Å². The van der Waals surface area contributed by atoms with Crippen LogP contribution in [0.2, 0.25) is 0 Å². The molecule has 0 bridgehead atoms. The molecule has 8 nitrogen and oxygen atoms in total. The monoisotopic (exact) mass is 406 g/mol. The van der Waals surface area contributed by atoms with Gasteiger partial charge in [-0.1, -0.05) is 17.8 Å². The van der Waals surface area contributed by atoms with Crippen LogP contribution in [0.15, 0.2) is 28.9 Å². The average Bonchev–Trinajstić information content (AvgIpc) is 3.35. The highest BCUT2D eigenvalue weighted by molar-refractivity contribution is 7.98. The van der Waals surface area contributed by atoms with E-state index in [0.29, 0.717) is 42.9 Å². The zero-order valence-corrected chi connectivity index (χ0v) is 16.9. The second-order valence-electron chi connectivity index (χ2n) is 5.52. The summed E-state index contributed by atoms with van der Waals surface area (Å²) in [4.78, 5) is 21.9. The summed E-state index contributed by atoms with van der Waals surface area (Å²) in [6.45, 7) is 4.93. The Labute approximate surface area is 165 Å². The van der Waals surface area contributed by atoms with Gasteiger partial charge in [0, 0.05) is 19.7 Å². The zero-order valence-electron chi connectivity index (χ0n) is 15.3. The van der Waals surface area contributed by atoms with Crippen molar-refractivity contribution < 1.29 is 9.53 Å². The third-order valence-corrected chi connectivity index (χ3v) is 5.17. The van der Waals surface area contributed by atoms with Crippen LogP contribution in [0.3, 0.4) is 0 Å². The highest BCUT2D eigenvalue weighted by Gasteiger charge is 2.13. The number of carbonyl (C=O) groups excluding carboxylic acids is 1. The van der Waals surface area contributed by atoms with Crippen molar-refractivity contribution >= 4 is 45.9 Å². The van der Waals surface area contributed by atoms with Gasteiger partial charge in [0.2, 0.25) is 0 Å². The van der Waals surface area contributed by atoms with E-state index < -0.39 is 0 Å². The SMILES string of the molecule is CCOCCNc1nc(SC)nc2c1cnn2CCNC(=O)c1cccs1. The van der Waals surface area contributed by atoms with Gasteiger partial charge < -0.3 is 15.4 Å². The smallest absolute Gasteiger partial charge is 0.261 e. The molecule has 0 aliphatic rings. The maximum Gasteiger partial charge on any atom is 0.261 e. The Kier molecular flexibility index (Phi) is 7.02. The lowest BCUT2D eigenvalue weighted by Gasteiger charge is -2.09. The Morgan fingerprint density at radius 3 is 3.00 bits per heavy atom. The number of nitrogens with one attached hydrogen (secondary N) is 2. The molecule has 10 heteroatoms. The molecule has 0 saturated carbocycles. The van der Waals surface area contributed by atoms with Crippen LogP contribution in [0.25, 0.3) is 11.0 Å². The van der Waals surface area contributed by atoms with Crippen LogP contribution < -0.4 is 10.6 Å². The van der Waals surface area contributed by atoms with E-state index in [1.807, 2.05) is 30.7 Å². The zero-order chi connectivity index (χ0) is 19.1. The number of fused-ring (bicyclic) bond motifs is 1. The van der Waals surface area contributed by atoms with Gasteiger partial charge in [-0.25, -0.2) is 14.6 Å². The lowest BCUT2D eigenvalue weighted by Crippen LogP contribution is -2.26. The molecule has 0 saturated heterocycles. The van der Waals surface area contributed by atoms with Crippen LogP contribution in [0, 0.1) is 0 Å². The number of anilines is 1. The molecule has 0 fully saturated rings. The van der Waals surface area contributed by atoms with Crippen LogP contribution in [-0.2, 0) is 11.3 Å². The van der Waals surface area contributed by atoms with Crippen molar-refractivity contribution in [1.29, 1.82) is 0 Å². The van der Waals surface area contributed by atoms with Gasteiger partial charge in [0.05, 0.1) is 29.6 Å². The van der Waals surface area contributed by atoms with Gasteiger partial charge in [0.1, 0.15) is 5.82 Å². The summed E-state index contributed by atoms with van der Waals surface area (Å²) in [6, 6.07) is 3.67. The Bertz CT molecular complexity index is 881. The number of hydrogen-bond acceptors (Lipinski definition) is 8. The standard InChI is InChI=1S/C17H22N6O2S2/c1-3-25-9-7-18-14-12-11-20-23(15(12)22-17(21-14)26-2)8-6-19-16(24)13-5-4-10-27-13/h4-5,10-11H,3,6-9H2,1-2H3,(H,19,24)(H,18,21,22). The molecule has 0 aliphatic carbocycles. The van der Waals surface area contributed by atoms with Gasteiger partial charge in [-0.2, -0.15) is 5.10 Å². The summed E-state index contributed by atoms with van der Waals surface area (Å²) >= 11 is 2.90. The van der Waals surface area contributed by atoms with E-state index >= 15 is 0 Å². The average molecular weight is 407 g/mol. The predicted molar refractivity (Wildman–Crippen MR) is 109 cm³/mol. The van der Waals surface area contributed by atoms with E-state index in [0.717, 1.165) is 16.9 Å². The molecule has 0 spiro atoms. The first kappa shape index (κ1) is 19.6. The number of aromatic nitrogens is 4. The molecule has 3 aromatic rings. The Balaban J connectivity index is 1.69. The molecule has 3 aromatic heterocycles. The van der Waals surface area contributed by atoms with Crippen LogP contribution in [0.1, 0.15) is 16.6 Å². The largest absolute Gasteiger partial charge is 0.380 e. The number of thioether (sulfide) groups is 1. The van der Waals surface area contributed by atoms with Crippen molar-refractivity contribution in [1.82, 2.24) is 25.1 Å². The summed E-state index contributed by atoms with van der Waals surface area (Å²) in [5, 5.41) is 14.0. The molecule has 144 valence electrons. The van der Waals surface area contributed by atoms with Crippen molar-refractivity contribution in [3.05, 3.63) is 28.6 Å². The molecule has 0 atom stereocenters. The van der Waals surface area contributed by atoms with E-state index in [-0.39, 0.29) is 5.91 Å². The maximum absolute atomic E-state index is 12.0. The fourth-order valence-corrected chi connectivity index (χ4v) is 3.48. The minimum Gasteiger partial charge on any atom is -0.380 e. The van der Waals surface area contributed by atoms with E-state index in [2.05, 4.69) is 25.7 Å². The van der Waals surface area contributed by atoms with Gasteiger partial charge in [-0.15, -0.1) is 11.3 Å². The number of ether oxygens (including phenoxy) is 1. The third kappa shape index (κ3) is 4.96. The topological polar surface area (TPSA) is 94.0 Å². The van der Waals surface area contributed by atoms with Gasteiger partial charge in [0.25, 0.3) is 5.91 Å². The summed E-state index contributed by atoms with van der Waals surface area (Å²) in [5.74, 6) is 0.678. The maximum atomic E-state index is 12.0. The van der Waals surface area contributed by atoms with Crippen LogP contribution >= 0.6 is 23.1 Å². The molecule has 0 aromatic carbocycles. The number of rotatable bonds is 10. The molecular weight excluding hydrogens is 384 g/mol. The molecule has 3 rings (SSSR count). The third-order valence-electron chi connectivity index (χ3n) is 3.76. The minimum absolute atomic E-state index is 0.0702. The van der Waals surface area contributed by atoms with Crippen molar-refractivity contribution in [2.45, 2.75) is 18.6 Å². The number of hydrogen-bond donors (Lipinski definition) is 2. The van der Waals surface area contributed by atoms with Crippen molar-refractivity contribution in [3.63, 3.8) is 0 Å². The van der Waals surface area contributed by atoms with Gasteiger partial charge in [0.15, 0.2) is 10.8 Å². The van der Waals surface area contributed by atoms with Gasteiger partial charge >= 0.3 is 0 Å². The number of carbonyl (C=O) groups is 1. The summed E-state index contributed by atoms with van der Waals surface area (Å²) < 4.78 is 7.15. The van der Waals surface area contributed by atoms with Crippen LogP contribution in [-0.4, -0.2) is 58.2 Å². The summed E-state index contributed by atoms with van der Waals surface area (Å²) in [7, 11) is 0. The molecule has 2 N–H and O–H groups in total. The lowest BCUT2D eigenvalue weighted by molar-refractivity contribution is 0.0956. The summed E-state index contributed by atoms with van der Waals surface area (Å²) in [5.41, 5.74) is 0.749. The van der Waals surface area contributed by atoms with Crippen LogP contribution in [0.4, 0.5) is 5.82 Å². The highest BCUT2D eigenvalue weighted by atomic mass is 32.2. The first-order valence-electron chi connectivity index (χ1n) is 8.63. The molecular formula is C17H22N6O2S2. The Morgan fingerprint density at radius 2 is 2.26 bits per heavy atom. The van der Waals surface area contributed by atoms with E-state index in [1.54, 1.807) is 10.9 Å². The van der Waals surface area contributed by atoms with E-state index in [4.69, 9.17) is 4.74 Å². The van der Waals surface area contributed by atoms with Crippen molar-refractivity contribution in [2.75, 3.05) is 37.9 Å². The van der Waals surface area contributed by atoms with Gasteiger partial charge in [-0.05, 0) is 24.6 Å². The van der Waals surface area contributed by atoms with E-state index in [9.17, 15) is 4.79 Å². The number of amides is 1. The number of nitrogens with zero attached hydrogens (tertiary/aromatic N) is 4. The first-order valence-corrected chi connectivity index (χ1v) is 10.7. The minimum atomic E-state index is -0.0702. The second-order valence-corrected chi connectivity index (χ2v) is 7.24. The molecule has 0 unspecified atom stereocenters. The normalized spacial score (nSPS) is 11.0. The first-order chi connectivity index (χ1) is 13.2. The van der Waals surface area contributed by atoms with Gasteiger partial charge in [-0.3, -0.25) is 4.79 Å². The fraction of sp³-hybridized carbons (Fsp3) is 0.412. The Hall–Kier alpha value is -2.17. The molecule has 27 heavy (non-hydrogen) atoms. The summed E-state index contributed by atoms with van der Waals surface area (Å²) in [6.07, 6.45) is 3.69. The van der Waals surface area contributed by atoms with Crippen molar-refractivity contribution in [3.8, 4) is 0 Å².